The fourth-order valence-electron chi connectivity index (χ4n) is 3.49. The van der Waals surface area contributed by atoms with Crippen molar-refractivity contribution in [3.05, 3.63) is 0 Å². The maximum atomic E-state index is 12.6. The zero-order valence-corrected chi connectivity index (χ0v) is 12.2. The van der Waals surface area contributed by atoms with E-state index >= 15 is 0 Å². The van der Waals surface area contributed by atoms with Crippen LogP contribution in [0, 0.1) is 5.92 Å². The van der Waals surface area contributed by atoms with Gasteiger partial charge in [-0.1, -0.05) is 20.8 Å². The van der Waals surface area contributed by atoms with Gasteiger partial charge < -0.3 is 10.6 Å². The molecule has 1 spiro atoms. The second kappa shape index (κ2) is 5.12. The van der Waals surface area contributed by atoms with Crippen LogP contribution in [0.25, 0.3) is 0 Å². The summed E-state index contributed by atoms with van der Waals surface area (Å²) in [7, 11) is 0. The van der Waals surface area contributed by atoms with Crippen molar-refractivity contribution in [2.75, 3.05) is 19.6 Å². The molecule has 2 amide bonds. The smallest absolute Gasteiger partial charge is 0.245 e. The molecule has 19 heavy (non-hydrogen) atoms. The second-order valence-electron chi connectivity index (χ2n) is 6.23. The van der Waals surface area contributed by atoms with Gasteiger partial charge in [-0.25, -0.2) is 0 Å². The normalized spacial score (nSPS) is 29.1. The molecule has 2 aliphatic rings. The van der Waals surface area contributed by atoms with E-state index in [1.807, 2.05) is 6.92 Å². The molecular weight excluding hydrogens is 242 g/mol. The third-order valence-corrected chi connectivity index (χ3v) is 4.39. The number of hydrogen-bond donors (Lipinski definition) is 1. The number of rotatable bonds is 5. The highest BCUT2D eigenvalue weighted by atomic mass is 16.2. The van der Waals surface area contributed by atoms with Gasteiger partial charge in [-0.05, 0) is 31.7 Å². The minimum atomic E-state index is -0.431. The van der Waals surface area contributed by atoms with Gasteiger partial charge in [0.25, 0.3) is 0 Å². The molecule has 0 radical (unpaired) electrons. The van der Waals surface area contributed by atoms with E-state index in [1.54, 1.807) is 4.90 Å². The third kappa shape index (κ3) is 2.24. The topological polar surface area (TPSA) is 66.6 Å². The number of hydrogen-bond acceptors (Lipinski definition) is 3. The average Bonchev–Trinajstić information content (AvgIpc) is 2.73. The van der Waals surface area contributed by atoms with Crippen molar-refractivity contribution in [1.82, 2.24) is 9.80 Å². The molecule has 108 valence electrons. The summed E-state index contributed by atoms with van der Waals surface area (Å²) in [6.07, 6.45) is 2.59. The van der Waals surface area contributed by atoms with E-state index in [0.717, 1.165) is 25.9 Å². The van der Waals surface area contributed by atoms with Gasteiger partial charge in [0.05, 0.1) is 0 Å². The van der Waals surface area contributed by atoms with Crippen LogP contribution in [-0.4, -0.2) is 52.8 Å². The molecule has 2 saturated heterocycles. The third-order valence-electron chi connectivity index (χ3n) is 4.39. The predicted molar refractivity (Wildman–Crippen MR) is 73.4 cm³/mol. The Kier molecular flexibility index (Phi) is 3.85. The maximum absolute atomic E-state index is 12.6. The van der Waals surface area contributed by atoms with Crippen LogP contribution in [0.1, 0.15) is 40.0 Å². The van der Waals surface area contributed by atoms with Crippen molar-refractivity contribution in [3.8, 4) is 0 Å². The fraction of sp³-hybridized carbons (Fsp3) is 0.857. The van der Waals surface area contributed by atoms with E-state index in [9.17, 15) is 9.59 Å². The molecule has 0 aromatic heterocycles. The van der Waals surface area contributed by atoms with Gasteiger partial charge in [-0.3, -0.25) is 14.5 Å². The van der Waals surface area contributed by atoms with Crippen LogP contribution in [0.2, 0.25) is 0 Å². The van der Waals surface area contributed by atoms with Crippen LogP contribution >= 0.6 is 0 Å². The van der Waals surface area contributed by atoms with E-state index in [1.165, 1.54) is 0 Å². The molecule has 2 atom stereocenters. The first-order chi connectivity index (χ1) is 8.92. The first kappa shape index (κ1) is 14.3. The molecule has 0 bridgehead atoms. The van der Waals surface area contributed by atoms with E-state index < -0.39 is 6.04 Å². The van der Waals surface area contributed by atoms with Gasteiger partial charge in [-0.2, -0.15) is 0 Å². The van der Waals surface area contributed by atoms with Crippen molar-refractivity contribution >= 4 is 11.8 Å². The highest BCUT2D eigenvalue weighted by Crippen LogP contribution is 2.40. The lowest BCUT2D eigenvalue weighted by molar-refractivity contribution is -0.168. The molecule has 5 heteroatoms. The summed E-state index contributed by atoms with van der Waals surface area (Å²) in [4.78, 5) is 27.9. The lowest BCUT2D eigenvalue weighted by Gasteiger charge is -2.53. The number of likely N-dealkylation sites (tertiary alicyclic amines) is 2. The zero-order valence-electron chi connectivity index (χ0n) is 12.2. The number of amides is 2. The van der Waals surface area contributed by atoms with Crippen molar-refractivity contribution in [1.29, 1.82) is 0 Å². The van der Waals surface area contributed by atoms with Crippen LogP contribution in [0.15, 0.2) is 0 Å². The minimum absolute atomic E-state index is 0.108. The van der Waals surface area contributed by atoms with E-state index in [-0.39, 0.29) is 17.4 Å². The molecule has 0 unspecified atom stereocenters. The van der Waals surface area contributed by atoms with E-state index in [0.29, 0.717) is 18.9 Å². The van der Waals surface area contributed by atoms with E-state index in [2.05, 4.69) is 18.7 Å². The Morgan fingerprint density at radius 2 is 2.16 bits per heavy atom. The number of carbonyl (C=O) groups is 2. The van der Waals surface area contributed by atoms with Crippen molar-refractivity contribution in [2.45, 2.75) is 51.6 Å². The molecule has 2 N–H and O–H groups in total. The van der Waals surface area contributed by atoms with Gasteiger partial charge >= 0.3 is 0 Å². The van der Waals surface area contributed by atoms with Crippen LogP contribution in [0.4, 0.5) is 0 Å². The Hall–Kier alpha value is -1.10. The average molecular weight is 267 g/mol. The SMILES string of the molecule is CC[C@@H](C(N)=O)N1C[C@@]2(CCCN2CC(C)C)C1=O. The van der Waals surface area contributed by atoms with Crippen LogP contribution in [0.5, 0.6) is 0 Å². The molecule has 0 aromatic rings. The number of carbonyl (C=O) groups excluding carboxylic acids is 2. The molecule has 2 fully saturated rings. The van der Waals surface area contributed by atoms with Gasteiger partial charge in [0.1, 0.15) is 11.6 Å². The molecule has 2 heterocycles. The van der Waals surface area contributed by atoms with Gasteiger partial charge in [0.15, 0.2) is 0 Å². The van der Waals surface area contributed by atoms with E-state index in [4.69, 9.17) is 5.73 Å². The van der Waals surface area contributed by atoms with Crippen molar-refractivity contribution in [3.63, 3.8) is 0 Å². The number of β-lactam (4-membered cyclic amide) rings is 1. The minimum Gasteiger partial charge on any atom is -0.368 e. The second-order valence-corrected chi connectivity index (χ2v) is 6.23. The lowest BCUT2D eigenvalue weighted by atomic mass is 9.83. The number of nitrogens with zero attached hydrogens (tertiary/aromatic N) is 2. The van der Waals surface area contributed by atoms with Gasteiger partial charge in [-0.15, -0.1) is 0 Å². The Balaban J connectivity index is 2.08. The molecular formula is C14H25N3O2. The number of nitrogens with two attached hydrogens (primary N) is 1. The summed E-state index contributed by atoms with van der Waals surface area (Å²) in [5.41, 5.74) is 5.05. The summed E-state index contributed by atoms with van der Waals surface area (Å²) in [5, 5.41) is 0. The summed E-state index contributed by atoms with van der Waals surface area (Å²) in [6.45, 7) is 8.85. The summed E-state index contributed by atoms with van der Waals surface area (Å²) in [6, 6.07) is -0.431. The predicted octanol–water partition coefficient (Wildman–Crippen LogP) is 0.583. The Labute approximate surface area is 115 Å². The van der Waals surface area contributed by atoms with Gasteiger partial charge in [0, 0.05) is 13.1 Å². The van der Waals surface area contributed by atoms with Crippen LogP contribution in [0.3, 0.4) is 0 Å². The summed E-state index contributed by atoms with van der Waals surface area (Å²) < 4.78 is 0. The largest absolute Gasteiger partial charge is 0.368 e. The van der Waals surface area contributed by atoms with Crippen LogP contribution in [-0.2, 0) is 9.59 Å². The van der Waals surface area contributed by atoms with Crippen LogP contribution < -0.4 is 5.73 Å². The monoisotopic (exact) mass is 267 g/mol. The molecule has 5 nitrogen and oxygen atoms in total. The highest BCUT2D eigenvalue weighted by molar-refractivity contribution is 5.97. The highest BCUT2D eigenvalue weighted by Gasteiger charge is 2.59. The zero-order chi connectivity index (χ0) is 14.2. The van der Waals surface area contributed by atoms with Crippen molar-refractivity contribution < 1.29 is 9.59 Å². The molecule has 0 aromatic carbocycles. The summed E-state index contributed by atoms with van der Waals surface area (Å²) in [5.74, 6) is 0.269. The summed E-state index contributed by atoms with van der Waals surface area (Å²) >= 11 is 0. The Bertz CT molecular complexity index is 383. The van der Waals surface area contributed by atoms with Gasteiger partial charge in [0.2, 0.25) is 11.8 Å². The number of primary amides is 1. The first-order valence-electron chi connectivity index (χ1n) is 7.28. The maximum Gasteiger partial charge on any atom is 0.245 e. The first-order valence-corrected chi connectivity index (χ1v) is 7.28. The molecule has 0 saturated carbocycles. The molecule has 2 rings (SSSR count). The standard InChI is InChI=1S/C14H25N3O2/c1-4-11(12(15)18)17-9-14(13(17)19)6-5-7-16(14)8-10(2)3/h10-11H,4-9H2,1-3H3,(H2,15,18)/t11-,14-/m0/s1. The Morgan fingerprint density at radius 1 is 1.47 bits per heavy atom. The lowest BCUT2D eigenvalue weighted by Crippen LogP contribution is -2.75. The fourth-order valence-corrected chi connectivity index (χ4v) is 3.49. The molecule has 0 aliphatic carbocycles. The Morgan fingerprint density at radius 3 is 2.63 bits per heavy atom. The quantitative estimate of drug-likeness (QED) is 0.741. The van der Waals surface area contributed by atoms with Crippen molar-refractivity contribution in [2.24, 2.45) is 11.7 Å². The molecule has 2 aliphatic heterocycles.